The Balaban J connectivity index is 3.05. The minimum atomic E-state index is 0.132. The third kappa shape index (κ3) is 0.953. The van der Waals surface area contributed by atoms with Crippen molar-refractivity contribution in [3.8, 4) is 0 Å². The molecule has 0 saturated carbocycles. The predicted molar refractivity (Wildman–Crippen MR) is 37.9 cm³/mol. The highest BCUT2D eigenvalue weighted by Gasteiger charge is 2.00. The Bertz CT molecular complexity index is 251. The maximum absolute atomic E-state index is 8.28. The molecule has 1 aromatic rings. The highest BCUT2D eigenvalue weighted by Crippen LogP contribution is 1.97. The Labute approximate surface area is 58.6 Å². The van der Waals surface area contributed by atoms with Gasteiger partial charge in [0.1, 0.15) is 0 Å². The molecule has 3 N–H and O–H groups in total. The Hall–Kier alpha value is -1.45. The molecular formula is C6H9N3O. The second-order valence-corrected chi connectivity index (χ2v) is 1.99. The van der Waals surface area contributed by atoms with Crippen LogP contribution < -0.4 is 5.73 Å². The normalized spacial score (nSPS) is 11.9. The van der Waals surface area contributed by atoms with Crippen molar-refractivity contribution >= 4 is 5.84 Å². The number of hydrogen-bond donors (Lipinski definition) is 2. The SMILES string of the molecule is Cn1cccc1C(N)=NO. The van der Waals surface area contributed by atoms with Gasteiger partial charge in [-0.3, -0.25) is 0 Å². The second kappa shape index (κ2) is 2.43. The lowest BCUT2D eigenvalue weighted by molar-refractivity contribution is 0.318. The van der Waals surface area contributed by atoms with Gasteiger partial charge in [0, 0.05) is 13.2 Å². The summed E-state index contributed by atoms with van der Waals surface area (Å²) in [6.45, 7) is 0. The highest BCUT2D eigenvalue weighted by molar-refractivity contribution is 5.95. The van der Waals surface area contributed by atoms with Gasteiger partial charge in [0.05, 0.1) is 5.69 Å². The van der Waals surface area contributed by atoms with Crippen LogP contribution in [0, 0.1) is 0 Å². The standard InChI is InChI=1S/C6H9N3O/c1-9-4-2-3-5(9)6(7)8-10/h2-4,10H,1H3,(H2,7,8). The third-order valence-electron chi connectivity index (χ3n) is 1.31. The zero-order chi connectivity index (χ0) is 7.56. The fourth-order valence-corrected chi connectivity index (χ4v) is 0.778. The van der Waals surface area contributed by atoms with Crippen molar-refractivity contribution in [1.82, 2.24) is 4.57 Å². The Morgan fingerprint density at radius 2 is 2.50 bits per heavy atom. The van der Waals surface area contributed by atoms with E-state index in [4.69, 9.17) is 10.9 Å². The first kappa shape index (κ1) is 6.67. The molecule has 1 rings (SSSR count). The van der Waals surface area contributed by atoms with E-state index in [1.165, 1.54) is 0 Å². The smallest absolute Gasteiger partial charge is 0.186 e. The van der Waals surface area contributed by atoms with Crippen LogP contribution in [0.2, 0.25) is 0 Å². The first-order valence-electron chi connectivity index (χ1n) is 2.85. The zero-order valence-corrected chi connectivity index (χ0v) is 5.65. The average Bonchev–Trinajstić information content (AvgIpc) is 2.34. The van der Waals surface area contributed by atoms with Crippen molar-refractivity contribution in [2.24, 2.45) is 17.9 Å². The molecule has 0 saturated heterocycles. The average molecular weight is 139 g/mol. The minimum Gasteiger partial charge on any atom is -0.409 e. The van der Waals surface area contributed by atoms with E-state index in [0.29, 0.717) is 5.69 Å². The number of aryl methyl sites for hydroxylation is 1. The molecule has 0 aliphatic heterocycles. The molecule has 1 aromatic heterocycles. The van der Waals surface area contributed by atoms with Crippen LogP contribution in [0.1, 0.15) is 5.69 Å². The van der Waals surface area contributed by atoms with Crippen LogP contribution in [0.25, 0.3) is 0 Å². The van der Waals surface area contributed by atoms with Crippen LogP contribution in [0.3, 0.4) is 0 Å². The van der Waals surface area contributed by atoms with Gasteiger partial charge >= 0.3 is 0 Å². The van der Waals surface area contributed by atoms with Gasteiger partial charge < -0.3 is 15.5 Å². The summed E-state index contributed by atoms with van der Waals surface area (Å²) in [4.78, 5) is 0. The summed E-state index contributed by atoms with van der Waals surface area (Å²) in [5.41, 5.74) is 6.03. The molecule has 0 radical (unpaired) electrons. The number of nitrogens with zero attached hydrogens (tertiary/aromatic N) is 2. The molecule has 0 unspecified atom stereocenters. The topological polar surface area (TPSA) is 63.5 Å². The van der Waals surface area contributed by atoms with Crippen LogP contribution >= 0.6 is 0 Å². The van der Waals surface area contributed by atoms with Gasteiger partial charge in [0.2, 0.25) is 0 Å². The van der Waals surface area contributed by atoms with E-state index in [1.807, 2.05) is 19.3 Å². The highest BCUT2D eigenvalue weighted by atomic mass is 16.4. The van der Waals surface area contributed by atoms with E-state index >= 15 is 0 Å². The molecule has 4 heteroatoms. The zero-order valence-electron chi connectivity index (χ0n) is 5.65. The summed E-state index contributed by atoms with van der Waals surface area (Å²) in [7, 11) is 1.83. The van der Waals surface area contributed by atoms with E-state index in [2.05, 4.69) is 5.16 Å². The molecule has 0 aliphatic rings. The number of nitrogens with two attached hydrogens (primary N) is 1. The quantitative estimate of drug-likeness (QED) is 0.251. The van der Waals surface area contributed by atoms with Crippen molar-refractivity contribution in [2.75, 3.05) is 0 Å². The van der Waals surface area contributed by atoms with E-state index in [1.54, 1.807) is 10.6 Å². The van der Waals surface area contributed by atoms with E-state index in [9.17, 15) is 0 Å². The molecule has 0 atom stereocenters. The monoisotopic (exact) mass is 139 g/mol. The Kier molecular flexibility index (Phi) is 1.62. The lowest BCUT2D eigenvalue weighted by atomic mass is 10.4. The first-order valence-corrected chi connectivity index (χ1v) is 2.85. The van der Waals surface area contributed by atoms with Gasteiger partial charge in [-0.2, -0.15) is 0 Å². The molecule has 0 amide bonds. The Morgan fingerprint density at radius 3 is 2.90 bits per heavy atom. The molecule has 0 aliphatic carbocycles. The van der Waals surface area contributed by atoms with E-state index < -0.39 is 0 Å². The summed E-state index contributed by atoms with van der Waals surface area (Å²) in [6, 6.07) is 3.60. The number of rotatable bonds is 1. The number of hydrogen-bond acceptors (Lipinski definition) is 2. The molecule has 54 valence electrons. The molecule has 0 bridgehead atoms. The van der Waals surface area contributed by atoms with Crippen molar-refractivity contribution < 1.29 is 5.21 Å². The van der Waals surface area contributed by atoms with Crippen molar-refractivity contribution in [2.45, 2.75) is 0 Å². The summed E-state index contributed by atoms with van der Waals surface area (Å²) in [5.74, 6) is 0.132. The Morgan fingerprint density at radius 1 is 1.80 bits per heavy atom. The van der Waals surface area contributed by atoms with Crippen LogP contribution in [0.15, 0.2) is 23.5 Å². The van der Waals surface area contributed by atoms with Gasteiger partial charge in [0.15, 0.2) is 5.84 Å². The van der Waals surface area contributed by atoms with Crippen LogP contribution in [-0.4, -0.2) is 15.6 Å². The summed E-state index contributed by atoms with van der Waals surface area (Å²) in [5, 5.41) is 11.1. The van der Waals surface area contributed by atoms with Gasteiger partial charge in [-0.25, -0.2) is 0 Å². The summed E-state index contributed by atoms with van der Waals surface area (Å²) < 4.78 is 1.77. The third-order valence-corrected chi connectivity index (χ3v) is 1.31. The largest absolute Gasteiger partial charge is 0.409 e. The summed E-state index contributed by atoms with van der Waals surface area (Å²) in [6.07, 6.45) is 1.83. The molecule has 10 heavy (non-hydrogen) atoms. The molecule has 4 nitrogen and oxygen atoms in total. The lowest BCUT2D eigenvalue weighted by Crippen LogP contribution is -2.16. The van der Waals surface area contributed by atoms with Gasteiger partial charge in [-0.1, -0.05) is 5.16 Å². The van der Waals surface area contributed by atoms with Crippen molar-refractivity contribution in [1.29, 1.82) is 0 Å². The lowest BCUT2D eigenvalue weighted by Gasteiger charge is -1.98. The first-order chi connectivity index (χ1) is 4.75. The van der Waals surface area contributed by atoms with Crippen molar-refractivity contribution in [3.63, 3.8) is 0 Å². The minimum absolute atomic E-state index is 0.132. The van der Waals surface area contributed by atoms with Gasteiger partial charge in [-0.05, 0) is 12.1 Å². The molecule has 0 aromatic carbocycles. The van der Waals surface area contributed by atoms with Crippen molar-refractivity contribution in [3.05, 3.63) is 24.0 Å². The second-order valence-electron chi connectivity index (χ2n) is 1.99. The molecule has 0 fully saturated rings. The fourth-order valence-electron chi connectivity index (χ4n) is 0.778. The van der Waals surface area contributed by atoms with Gasteiger partial charge in [0.25, 0.3) is 0 Å². The summed E-state index contributed by atoms with van der Waals surface area (Å²) >= 11 is 0. The van der Waals surface area contributed by atoms with E-state index in [-0.39, 0.29) is 5.84 Å². The van der Waals surface area contributed by atoms with Crippen LogP contribution in [0.5, 0.6) is 0 Å². The van der Waals surface area contributed by atoms with Crippen LogP contribution in [-0.2, 0) is 7.05 Å². The predicted octanol–water partition coefficient (Wildman–Crippen LogP) is 0.120. The number of oxime groups is 1. The fraction of sp³-hybridized carbons (Fsp3) is 0.167. The van der Waals surface area contributed by atoms with Gasteiger partial charge in [-0.15, -0.1) is 0 Å². The van der Waals surface area contributed by atoms with E-state index in [0.717, 1.165) is 0 Å². The molecular weight excluding hydrogens is 130 g/mol. The molecule has 0 spiro atoms. The number of aromatic nitrogens is 1. The number of amidine groups is 1. The maximum Gasteiger partial charge on any atom is 0.186 e. The van der Waals surface area contributed by atoms with Crippen LogP contribution in [0.4, 0.5) is 0 Å². The maximum atomic E-state index is 8.28. The molecule has 1 heterocycles.